The van der Waals surface area contributed by atoms with Crippen molar-refractivity contribution >= 4 is 17.5 Å². The van der Waals surface area contributed by atoms with E-state index in [-0.39, 0.29) is 12.3 Å². The maximum atomic E-state index is 5.38. The Bertz CT molecular complexity index is 695. The molecule has 2 aromatic rings. The number of anilines is 3. The lowest BCUT2D eigenvalue weighted by atomic mass is 10.1. The molecule has 0 amide bonds. The Morgan fingerprint density at radius 3 is 2.59 bits per heavy atom. The molecule has 2 heterocycles. The van der Waals surface area contributed by atoms with Crippen LogP contribution in [0, 0.1) is 6.92 Å². The Hall–Kier alpha value is -2.50. The lowest BCUT2D eigenvalue weighted by Crippen LogP contribution is -2.27. The molecule has 0 unspecified atom stereocenters. The van der Waals surface area contributed by atoms with E-state index in [2.05, 4.69) is 41.4 Å². The van der Waals surface area contributed by atoms with Crippen molar-refractivity contribution in [3.63, 3.8) is 0 Å². The minimum atomic E-state index is -0.0934. The van der Waals surface area contributed by atoms with Crippen molar-refractivity contribution in [2.75, 3.05) is 17.4 Å². The zero-order valence-corrected chi connectivity index (χ0v) is 13.2. The molecule has 1 aliphatic heterocycles. The molecule has 1 aromatic heterocycles. The Labute approximate surface area is 129 Å². The van der Waals surface area contributed by atoms with Crippen LogP contribution in [0.15, 0.2) is 24.3 Å². The summed E-state index contributed by atoms with van der Waals surface area (Å²) in [7, 11) is 0. The molecule has 0 saturated carbocycles. The van der Waals surface area contributed by atoms with Crippen LogP contribution < -0.4 is 20.1 Å². The summed E-state index contributed by atoms with van der Waals surface area (Å²) >= 11 is 0. The Balaban J connectivity index is 1.83. The number of nitrogens with zero attached hydrogens (tertiary/aromatic N) is 2. The second-order valence-electron chi connectivity index (χ2n) is 6.29. The number of aromatic nitrogens is 2. The molecule has 6 heteroatoms. The SMILES string of the molecule is Cc1cc(Nc2ccc3c(c2)OCO3)nc(NC(C)(C)C)n1. The third kappa shape index (κ3) is 3.39. The quantitative estimate of drug-likeness (QED) is 0.904. The molecule has 0 saturated heterocycles. The van der Waals surface area contributed by atoms with Gasteiger partial charge in [0, 0.05) is 29.1 Å². The minimum Gasteiger partial charge on any atom is -0.454 e. The topological polar surface area (TPSA) is 68.3 Å². The van der Waals surface area contributed by atoms with Gasteiger partial charge < -0.3 is 20.1 Å². The van der Waals surface area contributed by atoms with E-state index in [0.717, 1.165) is 28.7 Å². The van der Waals surface area contributed by atoms with Crippen LogP contribution in [0.25, 0.3) is 0 Å². The van der Waals surface area contributed by atoms with Crippen molar-refractivity contribution in [2.24, 2.45) is 0 Å². The summed E-state index contributed by atoms with van der Waals surface area (Å²) < 4.78 is 10.7. The first-order valence-electron chi connectivity index (χ1n) is 7.20. The van der Waals surface area contributed by atoms with Gasteiger partial charge in [0.1, 0.15) is 5.82 Å². The average Bonchev–Trinajstić information content (AvgIpc) is 2.83. The normalized spacial score (nSPS) is 13.1. The fourth-order valence-corrected chi connectivity index (χ4v) is 2.15. The molecule has 0 fully saturated rings. The fourth-order valence-electron chi connectivity index (χ4n) is 2.15. The van der Waals surface area contributed by atoms with E-state index in [1.807, 2.05) is 31.2 Å². The van der Waals surface area contributed by atoms with Crippen molar-refractivity contribution in [2.45, 2.75) is 33.2 Å². The van der Waals surface area contributed by atoms with Gasteiger partial charge in [0.25, 0.3) is 0 Å². The number of hydrogen-bond donors (Lipinski definition) is 2. The van der Waals surface area contributed by atoms with Gasteiger partial charge in [-0.15, -0.1) is 0 Å². The zero-order chi connectivity index (χ0) is 15.7. The third-order valence-electron chi connectivity index (χ3n) is 2.99. The third-order valence-corrected chi connectivity index (χ3v) is 2.99. The molecule has 0 spiro atoms. The summed E-state index contributed by atoms with van der Waals surface area (Å²) in [6, 6.07) is 7.61. The predicted octanol–water partition coefficient (Wildman–Crippen LogP) is 3.47. The first-order chi connectivity index (χ1) is 10.4. The van der Waals surface area contributed by atoms with Crippen molar-refractivity contribution < 1.29 is 9.47 Å². The second-order valence-corrected chi connectivity index (χ2v) is 6.29. The van der Waals surface area contributed by atoms with Gasteiger partial charge in [0.2, 0.25) is 12.7 Å². The largest absolute Gasteiger partial charge is 0.454 e. The van der Waals surface area contributed by atoms with Crippen LogP contribution in [-0.2, 0) is 0 Å². The van der Waals surface area contributed by atoms with Crippen LogP contribution >= 0.6 is 0 Å². The monoisotopic (exact) mass is 300 g/mol. The number of hydrogen-bond acceptors (Lipinski definition) is 6. The molecule has 3 rings (SSSR count). The molecule has 1 aliphatic rings. The molecule has 0 radical (unpaired) electrons. The molecule has 0 bridgehead atoms. The zero-order valence-electron chi connectivity index (χ0n) is 13.2. The lowest BCUT2D eigenvalue weighted by Gasteiger charge is -2.21. The summed E-state index contributed by atoms with van der Waals surface area (Å²) in [5.41, 5.74) is 1.69. The summed E-state index contributed by atoms with van der Waals surface area (Å²) in [4.78, 5) is 8.91. The van der Waals surface area contributed by atoms with Crippen LogP contribution in [0.2, 0.25) is 0 Å². The van der Waals surface area contributed by atoms with Crippen LogP contribution in [0.1, 0.15) is 26.5 Å². The van der Waals surface area contributed by atoms with Crippen molar-refractivity contribution in [1.82, 2.24) is 9.97 Å². The van der Waals surface area contributed by atoms with E-state index in [1.54, 1.807) is 0 Å². The van der Waals surface area contributed by atoms with Gasteiger partial charge in [-0.05, 0) is 39.8 Å². The van der Waals surface area contributed by atoms with Crippen molar-refractivity contribution in [3.05, 3.63) is 30.0 Å². The van der Waals surface area contributed by atoms with E-state index in [0.29, 0.717) is 5.95 Å². The molecule has 1 aromatic carbocycles. The molecular formula is C16H20N4O2. The van der Waals surface area contributed by atoms with Gasteiger partial charge in [0.15, 0.2) is 11.5 Å². The molecule has 116 valence electrons. The van der Waals surface area contributed by atoms with E-state index in [9.17, 15) is 0 Å². The van der Waals surface area contributed by atoms with Crippen LogP contribution in [-0.4, -0.2) is 22.3 Å². The van der Waals surface area contributed by atoms with Gasteiger partial charge in [-0.2, -0.15) is 4.98 Å². The highest BCUT2D eigenvalue weighted by Crippen LogP contribution is 2.35. The summed E-state index contributed by atoms with van der Waals surface area (Å²) in [6.07, 6.45) is 0. The fraction of sp³-hybridized carbons (Fsp3) is 0.375. The van der Waals surface area contributed by atoms with Crippen LogP contribution in [0.5, 0.6) is 11.5 Å². The minimum absolute atomic E-state index is 0.0934. The van der Waals surface area contributed by atoms with Gasteiger partial charge >= 0.3 is 0 Å². The maximum Gasteiger partial charge on any atom is 0.231 e. The number of rotatable bonds is 3. The van der Waals surface area contributed by atoms with Crippen molar-refractivity contribution in [1.29, 1.82) is 0 Å². The van der Waals surface area contributed by atoms with Crippen LogP contribution in [0.3, 0.4) is 0 Å². The smallest absolute Gasteiger partial charge is 0.231 e. The molecule has 22 heavy (non-hydrogen) atoms. The second kappa shape index (κ2) is 5.36. The number of nitrogens with one attached hydrogen (secondary N) is 2. The highest BCUT2D eigenvalue weighted by Gasteiger charge is 2.15. The van der Waals surface area contributed by atoms with Gasteiger partial charge in [-0.25, -0.2) is 4.98 Å². The summed E-state index contributed by atoms with van der Waals surface area (Å²) in [5, 5.41) is 6.56. The molecular weight excluding hydrogens is 280 g/mol. The maximum absolute atomic E-state index is 5.38. The molecule has 2 N–H and O–H groups in total. The lowest BCUT2D eigenvalue weighted by molar-refractivity contribution is 0.174. The van der Waals surface area contributed by atoms with E-state index >= 15 is 0 Å². The predicted molar refractivity (Wildman–Crippen MR) is 86.0 cm³/mol. The highest BCUT2D eigenvalue weighted by atomic mass is 16.7. The number of aryl methyl sites for hydroxylation is 1. The molecule has 0 aliphatic carbocycles. The molecule has 0 atom stereocenters. The number of ether oxygens (including phenoxy) is 2. The Morgan fingerprint density at radius 1 is 1.05 bits per heavy atom. The van der Waals surface area contributed by atoms with E-state index in [1.165, 1.54) is 0 Å². The Morgan fingerprint density at radius 2 is 1.82 bits per heavy atom. The number of fused-ring (bicyclic) bond motifs is 1. The highest BCUT2D eigenvalue weighted by molar-refractivity contribution is 5.62. The van der Waals surface area contributed by atoms with Gasteiger partial charge in [0.05, 0.1) is 0 Å². The molecule has 6 nitrogen and oxygen atoms in total. The van der Waals surface area contributed by atoms with Crippen molar-refractivity contribution in [3.8, 4) is 11.5 Å². The standard InChI is InChI=1S/C16H20N4O2/c1-10-7-14(19-15(17-10)20-16(2,3)4)18-11-5-6-12-13(8-11)22-9-21-12/h5-8H,9H2,1-4H3,(H2,17,18,19,20). The van der Waals surface area contributed by atoms with Gasteiger partial charge in [-0.3, -0.25) is 0 Å². The van der Waals surface area contributed by atoms with Crippen LogP contribution in [0.4, 0.5) is 17.5 Å². The first kappa shape index (κ1) is 14.4. The van der Waals surface area contributed by atoms with E-state index < -0.39 is 0 Å². The van der Waals surface area contributed by atoms with E-state index in [4.69, 9.17) is 9.47 Å². The number of benzene rings is 1. The average molecular weight is 300 g/mol. The summed E-state index contributed by atoms with van der Waals surface area (Å²) in [5.74, 6) is 2.84. The Kier molecular flexibility index (Phi) is 3.52. The first-order valence-corrected chi connectivity index (χ1v) is 7.20. The van der Waals surface area contributed by atoms with Gasteiger partial charge in [-0.1, -0.05) is 0 Å². The summed E-state index contributed by atoms with van der Waals surface area (Å²) in [6.45, 7) is 8.43.